The number of hydrogen-bond donors (Lipinski definition) is 1. The van der Waals surface area contributed by atoms with Crippen LogP contribution in [-0.2, 0) is 6.42 Å². The van der Waals surface area contributed by atoms with E-state index in [0.29, 0.717) is 34.5 Å². The van der Waals surface area contributed by atoms with Gasteiger partial charge in [-0.05, 0) is 25.1 Å². The van der Waals surface area contributed by atoms with Gasteiger partial charge in [0.2, 0.25) is 0 Å². The molecule has 0 aliphatic rings. The number of hydrogen-bond acceptors (Lipinski definition) is 4. The van der Waals surface area contributed by atoms with Crippen LogP contribution in [0.5, 0.6) is 0 Å². The maximum absolute atomic E-state index is 9.15. The summed E-state index contributed by atoms with van der Waals surface area (Å²) in [7, 11) is 0. The van der Waals surface area contributed by atoms with Crippen molar-refractivity contribution in [1.29, 1.82) is 5.26 Å². The van der Waals surface area contributed by atoms with Crippen LogP contribution in [0.4, 0.5) is 11.5 Å². The zero-order valence-corrected chi connectivity index (χ0v) is 13.4. The Balaban J connectivity index is 2.47. The molecule has 0 amide bonds. The van der Waals surface area contributed by atoms with Crippen LogP contribution >= 0.6 is 27.5 Å². The number of aromatic nitrogens is 2. The number of halogens is 2. The number of anilines is 2. The number of nitrogens with zero attached hydrogens (tertiary/aromatic N) is 3. The van der Waals surface area contributed by atoms with E-state index >= 15 is 0 Å². The molecule has 1 aromatic carbocycles. The summed E-state index contributed by atoms with van der Waals surface area (Å²) in [5.74, 6) is 1.29. The van der Waals surface area contributed by atoms with Gasteiger partial charge in [0.25, 0.3) is 0 Å². The van der Waals surface area contributed by atoms with E-state index in [1.54, 1.807) is 6.07 Å². The Morgan fingerprint density at radius 1 is 1.40 bits per heavy atom. The van der Waals surface area contributed by atoms with Gasteiger partial charge in [0.15, 0.2) is 0 Å². The molecule has 0 unspecified atom stereocenters. The van der Waals surface area contributed by atoms with Crippen LogP contribution in [0.25, 0.3) is 0 Å². The maximum Gasteiger partial charge on any atom is 0.138 e. The van der Waals surface area contributed by atoms with Gasteiger partial charge in [0, 0.05) is 16.5 Å². The van der Waals surface area contributed by atoms with Gasteiger partial charge in [-0.1, -0.05) is 34.5 Å². The lowest BCUT2D eigenvalue weighted by Crippen LogP contribution is -2.04. The fraction of sp³-hybridized carbons (Fsp3) is 0.214. The van der Waals surface area contributed by atoms with Crippen molar-refractivity contribution in [3.05, 3.63) is 44.8 Å². The average molecular weight is 352 g/mol. The van der Waals surface area contributed by atoms with E-state index in [4.69, 9.17) is 16.9 Å². The van der Waals surface area contributed by atoms with Crippen LogP contribution in [0.15, 0.2) is 22.7 Å². The highest BCUT2D eigenvalue weighted by Crippen LogP contribution is 2.27. The van der Waals surface area contributed by atoms with Crippen LogP contribution in [0.2, 0.25) is 5.15 Å². The Bertz CT molecular complexity index is 694. The highest BCUT2D eigenvalue weighted by atomic mass is 79.9. The Morgan fingerprint density at radius 3 is 2.80 bits per heavy atom. The van der Waals surface area contributed by atoms with Gasteiger partial charge < -0.3 is 5.32 Å². The minimum absolute atomic E-state index is 0.424. The van der Waals surface area contributed by atoms with Gasteiger partial charge in [-0.15, -0.1) is 0 Å². The van der Waals surface area contributed by atoms with Crippen molar-refractivity contribution in [1.82, 2.24) is 9.97 Å². The predicted octanol–water partition coefficient (Wildman–Crippen LogP) is 4.38. The lowest BCUT2D eigenvalue weighted by Gasteiger charge is -2.12. The molecule has 1 aromatic heterocycles. The summed E-state index contributed by atoms with van der Waals surface area (Å²) in [6, 6.07) is 7.54. The molecule has 6 heteroatoms. The van der Waals surface area contributed by atoms with Gasteiger partial charge in [-0.2, -0.15) is 5.26 Å². The molecule has 0 fully saturated rings. The zero-order chi connectivity index (χ0) is 14.7. The van der Waals surface area contributed by atoms with E-state index < -0.39 is 0 Å². The molecule has 0 aliphatic carbocycles. The van der Waals surface area contributed by atoms with E-state index in [1.165, 1.54) is 0 Å². The molecule has 0 radical (unpaired) electrons. The van der Waals surface area contributed by atoms with Gasteiger partial charge >= 0.3 is 0 Å². The summed E-state index contributed by atoms with van der Waals surface area (Å²) in [6.45, 7) is 3.80. The quantitative estimate of drug-likeness (QED) is 0.834. The number of nitrogens with one attached hydrogen (secondary N) is 1. The molecule has 2 aromatic rings. The largest absolute Gasteiger partial charge is 0.339 e. The summed E-state index contributed by atoms with van der Waals surface area (Å²) in [5, 5.41) is 12.7. The molecule has 0 aliphatic heterocycles. The van der Waals surface area contributed by atoms with E-state index in [-0.39, 0.29) is 0 Å². The van der Waals surface area contributed by atoms with Crippen LogP contribution < -0.4 is 5.32 Å². The molecule has 0 bridgehead atoms. The first-order valence-electron chi connectivity index (χ1n) is 6.04. The van der Waals surface area contributed by atoms with E-state index in [1.807, 2.05) is 26.0 Å². The topological polar surface area (TPSA) is 61.6 Å². The second kappa shape index (κ2) is 6.21. The van der Waals surface area contributed by atoms with Crippen LogP contribution in [-0.4, -0.2) is 9.97 Å². The van der Waals surface area contributed by atoms with Gasteiger partial charge in [-0.25, -0.2) is 9.97 Å². The second-order valence-electron chi connectivity index (χ2n) is 4.18. The van der Waals surface area contributed by atoms with Crippen LogP contribution in [0.3, 0.4) is 0 Å². The van der Waals surface area contributed by atoms with Crippen molar-refractivity contribution in [3.8, 4) is 6.07 Å². The maximum atomic E-state index is 9.15. The van der Waals surface area contributed by atoms with Crippen molar-refractivity contribution in [2.24, 2.45) is 0 Å². The lowest BCUT2D eigenvalue weighted by atomic mass is 10.2. The molecule has 2 rings (SSSR count). The molecule has 1 heterocycles. The lowest BCUT2D eigenvalue weighted by molar-refractivity contribution is 0.934. The third-order valence-electron chi connectivity index (χ3n) is 2.80. The van der Waals surface area contributed by atoms with E-state index in [9.17, 15) is 0 Å². The van der Waals surface area contributed by atoms with Crippen molar-refractivity contribution in [2.75, 3.05) is 5.32 Å². The SMILES string of the molecule is CCc1nc(Cl)c(C)c(Nc2cc(Br)ccc2C#N)n1. The van der Waals surface area contributed by atoms with Crippen molar-refractivity contribution in [3.63, 3.8) is 0 Å². The number of benzene rings is 1. The molecule has 1 N–H and O–H groups in total. The third-order valence-corrected chi connectivity index (χ3v) is 3.67. The van der Waals surface area contributed by atoms with E-state index in [2.05, 4.69) is 37.3 Å². The summed E-state index contributed by atoms with van der Waals surface area (Å²) in [5.41, 5.74) is 1.98. The Morgan fingerprint density at radius 2 is 2.15 bits per heavy atom. The minimum atomic E-state index is 0.424. The van der Waals surface area contributed by atoms with Crippen molar-refractivity contribution < 1.29 is 0 Å². The molecule has 0 saturated carbocycles. The first-order valence-corrected chi connectivity index (χ1v) is 7.22. The predicted molar refractivity (Wildman–Crippen MR) is 83.3 cm³/mol. The average Bonchev–Trinajstić information content (AvgIpc) is 2.44. The number of aryl methyl sites for hydroxylation is 1. The van der Waals surface area contributed by atoms with Crippen molar-refractivity contribution >= 4 is 39.0 Å². The summed E-state index contributed by atoms with van der Waals surface area (Å²) in [6.07, 6.45) is 0.693. The molecular weight excluding hydrogens is 340 g/mol. The number of nitriles is 1. The van der Waals surface area contributed by atoms with E-state index in [0.717, 1.165) is 10.0 Å². The minimum Gasteiger partial charge on any atom is -0.339 e. The van der Waals surface area contributed by atoms with Crippen LogP contribution in [0.1, 0.15) is 23.9 Å². The summed E-state index contributed by atoms with van der Waals surface area (Å²) < 4.78 is 0.882. The monoisotopic (exact) mass is 350 g/mol. The van der Waals surface area contributed by atoms with Crippen LogP contribution in [0, 0.1) is 18.3 Å². The normalized spacial score (nSPS) is 10.2. The third kappa shape index (κ3) is 3.09. The highest BCUT2D eigenvalue weighted by molar-refractivity contribution is 9.10. The van der Waals surface area contributed by atoms with Gasteiger partial charge in [0.1, 0.15) is 22.9 Å². The molecule has 0 spiro atoms. The molecule has 0 atom stereocenters. The highest BCUT2D eigenvalue weighted by Gasteiger charge is 2.11. The molecule has 102 valence electrons. The fourth-order valence-electron chi connectivity index (χ4n) is 1.66. The molecule has 20 heavy (non-hydrogen) atoms. The van der Waals surface area contributed by atoms with Gasteiger partial charge in [-0.3, -0.25) is 0 Å². The van der Waals surface area contributed by atoms with Crippen molar-refractivity contribution in [2.45, 2.75) is 20.3 Å². The Labute approximate surface area is 131 Å². The first-order chi connectivity index (χ1) is 9.55. The Kier molecular flexibility index (Phi) is 4.58. The standard InChI is InChI=1S/C14H12BrClN4/c1-3-12-19-13(16)8(2)14(20-12)18-11-6-10(15)5-4-9(11)7-17/h4-6H,3H2,1-2H3,(H,18,19,20). The second-order valence-corrected chi connectivity index (χ2v) is 5.46. The smallest absolute Gasteiger partial charge is 0.138 e. The zero-order valence-electron chi connectivity index (χ0n) is 11.0. The summed E-state index contributed by atoms with van der Waals surface area (Å²) in [4.78, 5) is 8.61. The Hall–Kier alpha value is -1.64. The molecular formula is C14H12BrClN4. The summed E-state index contributed by atoms with van der Waals surface area (Å²) >= 11 is 9.50. The molecule has 4 nitrogen and oxygen atoms in total. The van der Waals surface area contributed by atoms with Gasteiger partial charge in [0.05, 0.1) is 11.3 Å². The first kappa shape index (κ1) is 14.8. The fourth-order valence-corrected chi connectivity index (χ4v) is 2.21. The molecule has 0 saturated heterocycles. The number of rotatable bonds is 3.